The predicted molar refractivity (Wildman–Crippen MR) is 104 cm³/mol. The van der Waals surface area contributed by atoms with Gasteiger partial charge in [-0.05, 0) is 44.2 Å². The molecule has 0 bridgehead atoms. The van der Waals surface area contributed by atoms with Gasteiger partial charge < -0.3 is 9.47 Å². The standard InChI is InChI=1S/C21H20N2O5/c1-3-27-15-10-8-14(9-11-15)20(25)13(2)28-19(24)12-18-16-6-4-5-7-17(16)21(26)23-22-18/h4-11,13H,3,12H2,1-2H3,(H,23,26)/t13-/m1/s1. The summed E-state index contributed by atoms with van der Waals surface area (Å²) in [7, 11) is 0. The Morgan fingerprint density at radius 3 is 2.43 bits per heavy atom. The van der Waals surface area contributed by atoms with Crippen LogP contribution in [0.2, 0.25) is 0 Å². The normalized spacial score (nSPS) is 11.8. The van der Waals surface area contributed by atoms with Gasteiger partial charge >= 0.3 is 5.97 Å². The van der Waals surface area contributed by atoms with Gasteiger partial charge in [-0.2, -0.15) is 5.10 Å². The van der Waals surface area contributed by atoms with Gasteiger partial charge in [0.05, 0.1) is 24.1 Å². The molecule has 0 amide bonds. The molecule has 7 heteroatoms. The van der Waals surface area contributed by atoms with Crippen LogP contribution in [-0.2, 0) is 16.0 Å². The number of hydrogen-bond acceptors (Lipinski definition) is 6. The van der Waals surface area contributed by atoms with Crippen molar-refractivity contribution in [2.45, 2.75) is 26.4 Å². The van der Waals surface area contributed by atoms with Crippen molar-refractivity contribution in [3.8, 4) is 5.75 Å². The Kier molecular flexibility index (Phi) is 5.84. The van der Waals surface area contributed by atoms with E-state index in [4.69, 9.17) is 9.47 Å². The van der Waals surface area contributed by atoms with Crippen molar-refractivity contribution in [1.82, 2.24) is 10.2 Å². The highest BCUT2D eigenvalue weighted by molar-refractivity contribution is 6.00. The van der Waals surface area contributed by atoms with Crippen LogP contribution in [0.25, 0.3) is 10.8 Å². The maximum atomic E-state index is 12.5. The molecule has 0 saturated heterocycles. The van der Waals surface area contributed by atoms with Crippen molar-refractivity contribution in [1.29, 1.82) is 0 Å². The molecule has 0 aliphatic rings. The van der Waals surface area contributed by atoms with Gasteiger partial charge in [-0.3, -0.25) is 14.4 Å². The zero-order valence-corrected chi connectivity index (χ0v) is 15.6. The molecule has 1 N–H and O–H groups in total. The molecule has 3 rings (SSSR count). The highest BCUT2D eigenvalue weighted by Gasteiger charge is 2.21. The highest BCUT2D eigenvalue weighted by atomic mass is 16.5. The topological polar surface area (TPSA) is 98.3 Å². The van der Waals surface area contributed by atoms with Crippen LogP contribution < -0.4 is 10.3 Å². The molecule has 0 spiro atoms. The first kappa shape index (κ1) is 19.3. The second kappa shape index (κ2) is 8.47. The Balaban J connectivity index is 1.68. The highest BCUT2D eigenvalue weighted by Crippen LogP contribution is 2.16. The lowest BCUT2D eigenvalue weighted by Gasteiger charge is -2.13. The average molecular weight is 380 g/mol. The summed E-state index contributed by atoms with van der Waals surface area (Å²) in [5.74, 6) is -0.244. The Morgan fingerprint density at radius 1 is 1.07 bits per heavy atom. The van der Waals surface area contributed by atoms with Crippen molar-refractivity contribution in [3.63, 3.8) is 0 Å². The quantitative estimate of drug-likeness (QED) is 0.500. The second-order valence-corrected chi connectivity index (χ2v) is 6.18. The van der Waals surface area contributed by atoms with Crippen molar-refractivity contribution in [3.05, 3.63) is 70.1 Å². The molecule has 0 aliphatic carbocycles. The number of nitrogens with zero attached hydrogens (tertiary/aromatic N) is 1. The number of H-pyrrole nitrogens is 1. The number of ether oxygens (including phenoxy) is 2. The zero-order valence-electron chi connectivity index (χ0n) is 15.6. The minimum absolute atomic E-state index is 0.155. The van der Waals surface area contributed by atoms with Gasteiger partial charge in [-0.25, -0.2) is 5.10 Å². The number of rotatable bonds is 7. The van der Waals surface area contributed by atoms with Gasteiger partial charge in [0.15, 0.2) is 6.10 Å². The molecule has 0 unspecified atom stereocenters. The van der Waals surface area contributed by atoms with E-state index in [0.717, 1.165) is 0 Å². The molecule has 2 aromatic carbocycles. The molecule has 1 heterocycles. The summed E-state index contributed by atoms with van der Waals surface area (Å²) in [6.45, 7) is 3.94. The van der Waals surface area contributed by atoms with E-state index in [1.54, 1.807) is 48.5 Å². The zero-order chi connectivity index (χ0) is 20.1. The Morgan fingerprint density at radius 2 is 1.75 bits per heavy atom. The molecule has 3 aromatic rings. The van der Waals surface area contributed by atoms with Gasteiger partial charge in [-0.1, -0.05) is 18.2 Å². The van der Waals surface area contributed by atoms with E-state index >= 15 is 0 Å². The lowest BCUT2D eigenvalue weighted by Crippen LogP contribution is -2.26. The van der Waals surface area contributed by atoms with Crippen LogP contribution in [0, 0.1) is 0 Å². The van der Waals surface area contributed by atoms with Crippen LogP contribution in [0.5, 0.6) is 5.75 Å². The summed E-state index contributed by atoms with van der Waals surface area (Å²) >= 11 is 0. The number of esters is 1. The van der Waals surface area contributed by atoms with Crippen molar-refractivity contribution in [2.75, 3.05) is 6.61 Å². The number of hydrogen-bond donors (Lipinski definition) is 1. The summed E-state index contributed by atoms with van der Waals surface area (Å²) in [6.07, 6.45) is -1.10. The molecule has 0 aliphatic heterocycles. The Labute approximate surface area is 161 Å². The van der Waals surface area contributed by atoms with E-state index in [1.165, 1.54) is 6.92 Å². The first-order valence-corrected chi connectivity index (χ1v) is 8.92. The molecule has 144 valence electrons. The second-order valence-electron chi connectivity index (χ2n) is 6.18. The van der Waals surface area contributed by atoms with E-state index in [9.17, 15) is 14.4 Å². The fourth-order valence-electron chi connectivity index (χ4n) is 2.85. The summed E-state index contributed by atoms with van der Waals surface area (Å²) in [5.41, 5.74) is 0.490. The minimum atomic E-state index is -0.945. The average Bonchev–Trinajstić information content (AvgIpc) is 2.70. The number of benzene rings is 2. The van der Waals surface area contributed by atoms with Crippen LogP contribution >= 0.6 is 0 Å². The third-order valence-corrected chi connectivity index (χ3v) is 4.21. The van der Waals surface area contributed by atoms with Crippen molar-refractivity contribution >= 4 is 22.5 Å². The van der Waals surface area contributed by atoms with Gasteiger partial charge in [0.25, 0.3) is 5.56 Å². The van der Waals surface area contributed by atoms with Gasteiger partial charge in [0, 0.05) is 10.9 Å². The van der Waals surface area contributed by atoms with E-state index < -0.39 is 12.1 Å². The fraction of sp³-hybridized carbons (Fsp3) is 0.238. The van der Waals surface area contributed by atoms with Gasteiger partial charge in [-0.15, -0.1) is 0 Å². The number of carbonyl (C=O) groups excluding carboxylic acids is 2. The van der Waals surface area contributed by atoms with E-state index in [-0.39, 0.29) is 17.8 Å². The number of aromatic amines is 1. The molecule has 0 radical (unpaired) electrons. The van der Waals surface area contributed by atoms with Crippen molar-refractivity contribution < 1.29 is 19.1 Å². The lowest BCUT2D eigenvalue weighted by molar-refractivity contribution is -0.145. The van der Waals surface area contributed by atoms with Crippen LogP contribution in [0.4, 0.5) is 0 Å². The molecular formula is C21H20N2O5. The lowest BCUT2D eigenvalue weighted by atomic mass is 10.1. The monoisotopic (exact) mass is 380 g/mol. The third kappa shape index (κ3) is 4.25. The Hall–Kier alpha value is -3.48. The molecule has 0 saturated carbocycles. The number of nitrogens with one attached hydrogen (secondary N) is 1. The fourth-order valence-corrected chi connectivity index (χ4v) is 2.85. The van der Waals surface area contributed by atoms with Crippen molar-refractivity contribution in [2.24, 2.45) is 0 Å². The maximum absolute atomic E-state index is 12.5. The van der Waals surface area contributed by atoms with E-state index in [1.807, 2.05) is 6.92 Å². The molecule has 1 aromatic heterocycles. The maximum Gasteiger partial charge on any atom is 0.312 e. The Bertz CT molecular complexity index is 1060. The number of carbonyl (C=O) groups is 2. The first-order chi connectivity index (χ1) is 13.5. The van der Waals surface area contributed by atoms with Crippen LogP contribution in [-0.4, -0.2) is 34.7 Å². The smallest absolute Gasteiger partial charge is 0.312 e. The molecule has 7 nitrogen and oxygen atoms in total. The summed E-state index contributed by atoms with van der Waals surface area (Å²) < 4.78 is 10.6. The van der Waals surface area contributed by atoms with Gasteiger partial charge in [0.1, 0.15) is 5.75 Å². The minimum Gasteiger partial charge on any atom is -0.494 e. The number of Topliss-reactive ketones (excluding diaryl/α,β-unsaturated/α-hetero) is 1. The molecule has 1 atom stereocenters. The molecular weight excluding hydrogens is 360 g/mol. The summed E-state index contributed by atoms with van der Waals surface area (Å²) in [6, 6.07) is 13.5. The van der Waals surface area contributed by atoms with E-state index in [2.05, 4.69) is 10.2 Å². The molecule has 0 fully saturated rings. The van der Waals surface area contributed by atoms with Crippen LogP contribution in [0.15, 0.2) is 53.3 Å². The summed E-state index contributed by atoms with van der Waals surface area (Å²) in [5, 5.41) is 7.34. The number of fused-ring (bicyclic) bond motifs is 1. The van der Waals surface area contributed by atoms with Gasteiger partial charge in [0.2, 0.25) is 5.78 Å². The molecule has 28 heavy (non-hydrogen) atoms. The SMILES string of the molecule is CCOc1ccc(C(=O)[C@@H](C)OC(=O)Cc2n[nH]c(=O)c3ccccc23)cc1. The van der Waals surface area contributed by atoms with E-state index in [0.29, 0.717) is 34.4 Å². The van der Waals surface area contributed by atoms with Crippen LogP contribution in [0.1, 0.15) is 29.9 Å². The first-order valence-electron chi connectivity index (χ1n) is 8.92. The predicted octanol–water partition coefficient (Wildman–Crippen LogP) is 2.68. The summed E-state index contributed by atoms with van der Waals surface area (Å²) in [4.78, 5) is 36.6. The number of aromatic nitrogens is 2. The third-order valence-electron chi connectivity index (χ3n) is 4.21. The largest absolute Gasteiger partial charge is 0.494 e. The number of ketones is 1. The van der Waals surface area contributed by atoms with Crippen LogP contribution in [0.3, 0.4) is 0 Å².